The van der Waals surface area contributed by atoms with E-state index in [-0.39, 0.29) is 20.9 Å². The van der Waals surface area contributed by atoms with Crippen molar-refractivity contribution in [3.63, 3.8) is 0 Å². The molecule has 0 saturated heterocycles. The first kappa shape index (κ1) is 8.36. The van der Waals surface area contributed by atoms with E-state index in [9.17, 15) is 5.21 Å². The fourth-order valence-corrected chi connectivity index (χ4v) is 0.959. The van der Waals surface area contributed by atoms with Crippen molar-refractivity contribution in [2.75, 3.05) is 7.11 Å². The third kappa shape index (κ3) is 1.64. The number of hydrogen-bond donors (Lipinski definition) is 0. The van der Waals surface area contributed by atoms with Crippen molar-refractivity contribution in [1.82, 2.24) is 5.10 Å². The van der Waals surface area contributed by atoms with Crippen LogP contribution in [0.4, 0.5) is 0 Å². The van der Waals surface area contributed by atoms with E-state index in [1.165, 1.54) is 13.2 Å². The molecule has 0 aliphatic rings. The minimum absolute atomic E-state index is 0.0612. The topological polar surface area (TPSA) is 49.1 Å². The van der Waals surface area contributed by atoms with Gasteiger partial charge in [0.2, 0.25) is 0 Å². The summed E-state index contributed by atoms with van der Waals surface area (Å²) in [4.78, 5) is 0.228. The lowest BCUT2D eigenvalue weighted by Crippen LogP contribution is -2.32. The predicted octanol–water partition coefficient (Wildman–Crippen LogP) is 1.03. The first-order valence-electron chi connectivity index (χ1n) is 2.65. The maximum atomic E-state index is 10.7. The third-order valence-electron chi connectivity index (χ3n) is 1.01. The van der Waals surface area contributed by atoms with Gasteiger partial charge in [-0.3, -0.25) is 0 Å². The highest BCUT2D eigenvalue weighted by atomic mass is 35.5. The number of nitrogens with zero attached hydrogens (tertiary/aromatic N) is 2. The van der Waals surface area contributed by atoms with Gasteiger partial charge in [0, 0.05) is 0 Å². The molecule has 0 aliphatic heterocycles. The first-order chi connectivity index (χ1) is 5.15. The van der Waals surface area contributed by atoms with E-state index in [1.54, 1.807) is 0 Å². The van der Waals surface area contributed by atoms with Gasteiger partial charge in [-0.15, -0.1) is 0 Å². The van der Waals surface area contributed by atoms with Crippen molar-refractivity contribution in [3.05, 3.63) is 21.4 Å². The lowest BCUT2D eigenvalue weighted by molar-refractivity contribution is -0.667. The van der Waals surface area contributed by atoms with Gasteiger partial charge in [0.25, 0.3) is 5.88 Å². The molecule has 1 rings (SSSR count). The number of methoxy groups -OCH3 is 1. The number of hydrogen-bond acceptors (Lipinski definition) is 3. The van der Waals surface area contributed by atoms with E-state index >= 15 is 0 Å². The standard InChI is InChI=1S/C5H4Cl2N2O2/c1-11-5-3(6)2-4(7)9(10)8-5/h2H,1H3. The molecule has 1 aromatic rings. The molecule has 0 N–H and O–H groups in total. The van der Waals surface area contributed by atoms with Crippen molar-refractivity contribution in [2.24, 2.45) is 0 Å². The average Bonchev–Trinajstić information content (AvgIpc) is 1.97. The monoisotopic (exact) mass is 194 g/mol. The lowest BCUT2D eigenvalue weighted by Gasteiger charge is -1.99. The smallest absolute Gasteiger partial charge is 0.315 e. The highest BCUT2D eigenvalue weighted by Gasteiger charge is 2.11. The first-order valence-corrected chi connectivity index (χ1v) is 3.40. The van der Waals surface area contributed by atoms with Crippen LogP contribution in [-0.4, -0.2) is 12.2 Å². The highest BCUT2D eigenvalue weighted by Crippen LogP contribution is 2.20. The molecule has 0 aliphatic carbocycles. The Morgan fingerprint density at radius 2 is 2.27 bits per heavy atom. The second-order valence-corrected chi connectivity index (χ2v) is 2.49. The Balaban J connectivity index is 3.21. The Hall–Kier alpha value is -0.740. The van der Waals surface area contributed by atoms with Crippen LogP contribution in [0.3, 0.4) is 0 Å². The van der Waals surface area contributed by atoms with Gasteiger partial charge in [0.05, 0.1) is 18.3 Å². The van der Waals surface area contributed by atoms with Crippen molar-refractivity contribution in [2.45, 2.75) is 0 Å². The van der Waals surface area contributed by atoms with Crippen molar-refractivity contribution >= 4 is 23.2 Å². The Labute approximate surface area is 72.9 Å². The van der Waals surface area contributed by atoms with E-state index in [1.807, 2.05) is 0 Å². The molecule has 0 saturated carbocycles. The molecule has 0 bridgehead atoms. The zero-order valence-corrected chi connectivity index (χ0v) is 7.06. The minimum atomic E-state index is -0.0872. The van der Waals surface area contributed by atoms with Crippen LogP contribution in [0.2, 0.25) is 10.2 Å². The molecule has 4 nitrogen and oxygen atoms in total. The summed E-state index contributed by atoms with van der Waals surface area (Å²) >= 11 is 11.0. The molecular weight excluding hydrogens is 191 g/mol. The van der Waals surface area contributed by atoms with Gasteiger partial charge < -0.3 is 9.94 Å². The van der Waals surface area contributed by atoms with Crippen LogP contribution in [0.5, 0.6) is 5.88 Å². The fraction of sp³-hybridized carbons (Fsp3) is 0.200. The van der Waals surface area contributed by atoms with E-state index < -0.39 is 0 Å². The van der Waals surface area contributed by atoms with Crippen LogP contribution in [-0.2, 0) is 0 Å². The fourth-order valence-electron chi connectivity index (χ4n) is 0.538. The second-order valence-electron chi connectivity index (χ2n) is 1.70. The molecule has 60 valence electrons. The summed E-state index contributed by atoms with van der Waals surface area (Å²) in [5.41, 5.74) is 0. The van der Waals surface area contributed by atoms with Gasteiger partial charge in [-0.1, -0.05) is 11.6 Å². The molecule has 0 fully saturated rings. The van der Waals surface area contributed by atoms with Gasteiger partial charge in [-0.2, -0.15) is 0 Å². The van der Waals surface area contributed by atoms with Gasteiger partial charge in [0.15, 0.2) is 0 Å². The van der Waals surface area contributed by atoms with Gasteiger partial charge in [0.1, 0.15) is 5.02 Å². The number of ether oxygens (including phenoxy) is 1. The van der Waals surface area contributed by atoms with Crippen molar-refractivity contribution in [3.8, 4) is 5.88 Å². The van der Waals surface area contributed by atoms with E-state index in [0.717, 1.165) is 0 Å². The minimum Gasteiger partial charge on any atom is -0.593 e. The molecule has 6 heteroatoms. The Kier molecular flexibility index (Phi) is 2.36. The van der Waals surface area contributed by atoms with Crippen LogP contribution in [0.15, 0.2) is 6.07 Å². The maximum absolute atomic E-state index is 10.7. The number of aromatic nitrogens is 2. The normalized spacial score (nSPS) is 9.73. The largest absolute Gasteiger partial charge is 0.593 e. The molecule has 0 amide bonds. The Bertz CT molecular complexity index is 279. The predicted molar refractivity (Wildman–Crippen MR) is 39.8 cm³/mol. The summed E-state index contributed by atoms with van der Waals surface area (Å²) in [6.45, 7) is 0. The summed E-state index contributed by atoms with van der Waals surface area (Å²) in [5, 5.41) is 14.2. The summed E-state index contributed by atoms with van der Waals surface area (Å²) in [6, 6.07) is 1.27. The maximum Gasteiger partial charge on any atom is 0.315 e. The molecular formula is C5H4Cl2N2O2. The Morgan fingerprint density at radius 1 is 1.64 bits per heavy atom. The van der Waals surface area contributed by atoms with Crippen LogP contribution < -0.4 is 9.58 Å². The Morgan fingerprint density at radius 3 is 2.82 bits per heavy atom. The molecule has 0 radical (unpaired) electrons. The zero-order chi connectivity index (χ0) is 8.43. The van der Waals surface area contributed by atoms with Crippen LogP contribution in [0, 0.1) is 5.21 Å². The van der Waals surface area contributed by atoms with Crippen LogP contribution >= 0.6 is 23.2 Å². The van der Waals surface area contributed by atoms with Crippen molar-refractivity contribution < 1.29 is 9.58 Å². The second kappa shape index (κ2) is 3.11. The summed E-state index contributed by atoms with van der Waals surface area (Å²) in [7, 11) is 1.36. The van der Waals surface area contributed by atoms with E-state index in [0.29, 0.717) is 0 Å². The molecule has 0 atom stereocenters. The highest BCUT2D eigenvalue weighted by molar-refractivity contribution is 6.34. The average molecular weight is 195 g/mol. The van der Waals surface area contributed by atoms with Gasteiger partial charge in [-0.05, 0) is 16.4 Å². The molecule has 11 heavy (non-hydrogen) atoms. The molecule has 0 spiro atoms. The SMILES string of the molecule is COc1n[n+]([O-])c(Cl)cc1Cl. The summed E-state index contributed by atoms with van der Waals surface area (Å²) in [6.07, 6.45) is 0. The van der Waals surface area contributed by atoms with E-state index in [4.69, 9.17) is 23.2 Å². The van der Waals surface area contributed by atoms with Gasteiger partial charge in [-0.25, -0.2) is 0 Å². The molecule has 0 aromatic carbocycles. The van der Waals surface area contributed by atoms with Gasteiger partial charge >= 0.3 is 5.15 Å². The number of halogens is 2. The van der Waals surface area contributed by atoms with Crippen LogP contribution in [0.25, 0.3) is 0 Å². The molecule has 1 aromatic heterocycles. The molecule has 1 heterocycles. The molecule has 0 unspecified atom stereocenters. The zero-order valence-electron chi connectivity index (χ0n) is 5.54. The quantitative estimate of drug-likeness (QED) is 0.496. The summed E-state index contributed by atoms with van der Waals surface area (Å²) in [5.74, 6) is 0.0612. The summed E-state index contributed by atoms with van der Waals surface area (Å²) < 4.78 is 4.66. The third-order valence-corrected chi connectivity index (χ3v) is 1.53. The lowest BCUT2D eigenvalue weighted by atomic mass is 10.5. The van der Waals surface area contributed by atoms with Crippen LogP contribution in [0.1, 0.15) is 0 Å². The number of rotatable bonds is 1. The van der Waals surface area contributed by atoms with Crippen molar-refractivity contribution in [1.29, 1.82) is 0 Å². The van der Waals surface area contributed by atoms with E-state index in [2.05, 4.69) is 9.84 Å².